The van der Waals surface area contributed by atoms with E-state index in [1.807, 2.05) is 0 Å². The molecule has 0 atom stereocenters. The fourth-order valence-corrected chi connectivity index (χ4v) is 4.44. The number of likely N-dealkylation sites (tertiary alicyclic amines) is 1. The molecular weight excluding hydrogens is 304 g/mol. The van der Waals surface area contributed by atoms with Crippen LogP contribution in [0.2, 0.25) is 0 Å². The topological polar surface area (TPSA) is 60.3 Å². The first kappa shape index (κ1) is 15.6. The van der Waals surface area contributed by atoms with Crippen LogP contribution in [-0.2, 0) is 10.0 Å². The summed E-state index contributed by atoms with van der Waals surface area (Å²) in [5, 5.41) is 0. The highest BCUT2D eigenvalue weighted by Crippen LogP contribution is 2.33. The molecule has 2 heterocycles. The van der Waals surface area contributed by atoms with Crippen molar-refractivity contribution in [1.29, 1.82) is 0 Å². The van der Waals surface area contributed by atoms with E-state index < -0.39 is 10.0 Å². The lowest BCUT2D eigenvalue weighted by atomic mass is 10.1. The van der Waals surface area contributed by atoms with E-state index in [0.717, 1.165) is 25.9 Å². The third-order valence-electron chi connectivity index (χ3n) is 4.51. The highest BCUT2D eigenvalue weighted by atomic mass is 32.2. The van der Waals surface area contributed by atoms with Gasteiger partial charge in [-0.3, -0.25) is 0 Å². The number of nitrogens with zero attached hydrogens (tertiary/aromatic N) is 1. The Hall–Kier alpha value is -1.31. The number of sulfonamides is 1. The number of hydrogen-bond acceptors (Lipinski definition) is 4. The summed E-state index contributed by atoms with van der Waals surface area (Å²) in [4.78, 5) is 1.73. The Balaban J connectivity index is 1.83. The summed E-state index contributed by atoms with van der Waals surface area (Å²) >= 11 is 0. The second-order valence-electron chi connectivity index (χ2n) is 6.01. The van der Waals surface area contributed by atoms with Crippen LogP contribution in [-0.4, -0.2) is 59.2 Å². The third kappa shape index (κ3) is 2.93. The first-order valence-corrected chi connectivity index (χ1v) is 9.11. The molecule has 22 heavy (non-hydrogen) atoms. The van der Waals surface area contributed by atoms with Crippen molar-refractivity contribution in [3.8, 4) is 11.5 Å². The fourth-order valence-electron chi connectivity index (χ4n) is 3.01. The van der Waals surface area contributed by atoms with Crippen molar-refractivity contribution in [2.45, 2.75) is 23.8 Å². The van der Waals surface area contributed by atoms with Gasteiger partial charge in [-0.25, -0.2) is 8.42 Å². The van der Waals surface area contributed by atoms with Crippen molar-refractivity contribution in [2.75, 3.05) is 40.4 Å². The molecule has 2 aliphatic rings. The maximum absolute atomic E-state index is 12.8. The van der Waals surface area contributed by atoms with Crippen LogP contribution >= 0.6 is 0 Å². The number of quaternary nitrogens is 1. The molecule has 6 nitrogen and oxygen atoms in total. The predicted octanol–water partition coefficient (Wildman–Crippen LogP) is -0.245. The molecule has 122 valence electrons. The van der Waals surface area contributed by atoms with Gasteiger partial charge in [0.15, 0.2) is 11.5 Å². The molecule has 1 saturated heterocycles. The standard InChI is InChI=1S/C15H22N2O4S/c1-16-7-5-12(6-8-16)17(2)22(18,19)13-3-4-14-15(11-13)21-10-9-20-14/h3-4,11-12H,5-10H2,1-2H3/p+1. The van der Waals surface area contributed by atoms with Gasteiger partial charge in [0, 0.05) is 32.0 Å². The zero-order valence-corrected chi connectivity index (χ0v) is 13.9. The second-order valence-corrected chi connectivity index (χ2v) is 8.01. The van der Waals surface area contributed by atoms with Crippen LogP contribution < -0.4 is 14.4 Å². The summed E-state index contributed by atoms with van der Waals surface area (Å²) in [6.45, 7) is 2.96. The van der Waals surface area contributed by atoms with Crippen molar-refractivity contribution in [3.05, 3.63) is 18.2 Å². The molecule has 0 spiro atoms. The smallest absolute Gasteiger partial charge is 0.243 e. The van der Waals surface area contributed by atoms with Crippen LogP contribution in [0.15, 0.2) is 23.1 Å². The molecule has 3 rings (SSSR count). The average Bonchev–Trinajstić information content (AvgIpc) is 2.54. The molecule has 0 amide bonds. The first-order valence-electron chi connectivity index (χ1n) is 7.67. The summed E-state index contributed by atoms with van der Waals surface area (Å²) in [7, 11) is 0.321. The summed E-state index contributed by atoms with van der Waals surface area (Å²) in [5.74, 6) is 1.12. The molecule has 7 heteroatoms. The predicted molar refractivity (Wildman–Crippen MR) is 82.0 cm³/mol. The number of nitrogens with one attached hydrogen (secondary N) is 1. The van der Waals surface area contributed by atoms with E-state index in [0.29, 0.717) is 24.7 Å². The van der Waals surface area contributed by atoms with Gasteiger partial charge in [-0.05, 0) is 12.1 Å². The van der Waals surface area contributed by atoms with Crippen LogP contribution in [0.1, 0.15) is 12.8 Å². The number of piperidine rings is 1. The van der Waals surface area contributed by atoms with E-state index in [9.17, 15) is 8.42 Å². The van der Waals surface area contributed by atoms with Crippen LogP contribution in [0.25, 0.3) is 0 Å². The van der Waals surface area contributed by atoms with Crippen molar-refractivity contribution < 1.29 is 22.8 Å². The molecular formula is C15H23N2O4S+. The summed E-state index contributed by atoms with van der Waals surface area (Å²) in [6, 6.07) is 4.91. The minimum atomic E-state index is -3.50. The molecule has 1 fully saturated rings. The number of benzene rings is 1. The number of fused-ring (bicyclic) bond motifs is 1. The van der Waals surface area contributed by atoms with Gasteiger partial charge in [-0.1, -0.05) is 0 Å². The van der Waals surface area contributed by atoms with Crippen molar-refractivity contribution >= 4 is 10.0 Å². The van der Waals surface area contributed by atoms with E-state index in [2.05, 4.69) is 7.05 Å². The zero-order chi connectivity index (χ0) is 15.7. The van der Waals surface area contributed by atoms with Gasteiger partial charge in [-0.15, -0.1) is 0 Å². The Labute approximate surface area is 131 Å². The van der Waals surface area contributed by atoms with E-state index in [4.69, 9.17) is 9.47 Å². The highest BCUT2D eigenvalue weighted by molar-refractivity contribution is 7.89. The van der Waals surface area contributed by atoms with E-state index in [1.54, 1.807) is 25.2 Å². The Morgan fingerprint density at radius 3 is 2.45 bits per heavy atom. The van der Waals surface area contributed by atoms with E-state index in [1.165, 1.54) is 9.21 Å². The van der Waals surface area contributed by atoms with Gasteiger partial charge in [-0.2, -0.15) is 4.31 Å². The lowest BCUT2D eigenvalue weighted by Crippen LogP contribution is -3.10. The van der Waals surface area contributed by atoms with Gasteiger partial charge >= 0.3 is 0 Å². The van der Waals surface area contributed by atoms with E-state index in [-0.39, 0.29) is 10.9 Å². The van der Waals surface area contributed by atoms with Crippen LogP contribution in [0, 0.1) is 0 Å². The molecule has 2 aliphatic heterocycles. The van der Waals surface area contributed by atoms with Crippen LogP contribution in [0.4, 0.5) is 0 Å². The highest BCUT2D eigenvalue weighted by Gasteiger charge is 2.32. The molecule has 0 saturated carbocycles. The van der Waals surface area contributed by atoms with Crippen LogP contribution in [0.3, 0.4) is 0 Å². The fraction of sp³-hybridized carbons (Fsp3) is 0.600. The second kappa shape index (κ2) is 6.06. The number of hydrogen-bond donors (Lipinski definition) is 1. The molecule has 0 unspecified atom stereocenters. The Morgan fingerprint density at radius 1 is 1.14 bits per heavy atom. The molecule has 0 aromatic heterocycles. The van der Waals surface area contributed by atoms with Crippen molar-refractivity contribution in [1.82, 2.24) is 4.31 Å². The molecule has 1 aromatic carbocycles. The molecule has 1 aromatic rings. The quantitative estimate of drug-likeness (QED) is 0.832. The Kier molecular flexibility index (Phi) is 4.29. The molecule has 0 bridgehead atoms. The van der Waals surface area contributed by atoms with Gasteiger partial charge in [0.1, 0.15) is 13.2 Å². The Bertz CT molecular complexity index is 639. The lowest BCUT2D eigenvalue weighted by molar-refractivity contribution is -0.885. The van der Waals surface area contributed by atoms with E-state index >= 15 is 0 Å². The zero-order valence-electron chi connectivity index (χ0n) is 13.0. The average molecular weight is 327 g/mol. The van der Waals surface area contributed by atoms with Gasteiger partial charge in [0.05, 0.1) is 25.0 Å². The monoisotopic (exact) mass is 327 g/mol. The minimum Gasteiger partial charge on any atom is -0.486 e. The van der Waals surface area contributed by atoms with Crippen molar-refractivity contribution in [3.63, 3.8) is 0 Å². The number of rotatable bonds is 3. The normalized spacial score (nSPS) is 25.2. The van der Waals surface area contributed by atoms with Crippen molar-refractivity contribution in [2.24, 2.45) is 0 Å². The molecule has 0 aliphatic carbocycles. The lowest BCUT2D eigenvalue weighted by Gasteiger charge is -2.32. The van der Waals surface area contributed by atoms with Crippen LogP contribution in [0.5, 0.6) is 11.5 Å². The summed E-state index contributed by atoms with van der Waals surface area (Å²) in [5.41, 5.74) is 0. The molecule has 0 radical (unpaired) electrons. The summed E-state index contributed by atoms with van der Waals surface area (Å²) in [6.07, 6.45) is 1.79. The largest absolute Gasteiger partial charge is 0.486 e. The summed E-state index contributed by atoms with van der Waals surface area (Å²) < 4.78 is 38.1. The van der Waals surface area contributed by atoms with Gasteiger partial charge in [0.25, 0.3) is 0 Å². The minimum absolute atomic E-state index is 0.0712. The maximum atomic E-state index is 12.8. The Morgan fingerprint density at radius 2 is 1.77 bits per heavy atom. The van der Waals surface area contributed by atoms with Gasteiger partial charge in [0.2, 0.25) is 10.0 Å². The first-order chi connectivity index (χ1) is 10.5. The SMILES string of the molecule is CN(C1CC[NH+](C)CC1)S(=O)(=O)c1ccc2c(c1)OCCO2. The number of ether oxygens (including phenoxy) is 2. The molecule has 1 N–H and O–H groups in total. The maximum Gasteiger partial charge on any atom is 0.243 e. The third-order valence-corrected chi connectivity index (χ3v) is 6.42. The van der Waals surface area contributed by atoms with Gasteiger partial charge < -0.3 is 14.4 Å².